The van der Waals surface area contributed by atoms with Crippen LogP contribution in [0, 0.1) is 12.8 Å². The van der Waals surface area contributed by atoms with Crippen LogP contribution in [-0.2, 0) is 16.0 Å². The van der Waals surface area contributed by atoms with Crippen LogP contribution in [0.4, 0.5) is 5.69 Å². The first kappa shape index (κ1) is 22.3. The van der Waals surface area contributed by atoms with Crippen molar-refractivity contribution in [3.63, 3.8) is 0 Å². The zero-order chi connectivity index (χ0) is 22.2. The summed E-state index contributed by atoms with van der Waals surface area (Å²) in [5, 5.41) is 0. The number of benzene rings is 3. The standard InChI is InChI=1S/C27H29NO3/c1-3-31-27(30)22(13-12-20-9-5-4-6-10-20)18-25(29)26-19(2)8-7-11-24(26)21-14-16-23(28)17-15-21/h4-11,14-17,22H,3,12-13,18,28H2,1-2H3. The molecule has 4 nitrogen and oxygen atoms in total. The first-order valence-corrected chi connectivity index (χ1v) is 10.7. The lowest BCUT2D eigenvalue weighted by molar-refractivity contribution is -0.148. The van der Waals surface area contributed by atoms with Gasteiger partial charge in [-0.05, 0) is 61.1 Å². The van der Waals surface area contributed by atoms with Crippen LogP contribution in [0.15, 0.2) is 72.8 Å². The van der Waals surface area contributed by atoms with Gasteiger partial charge in [-0.2, -0.15) is 0 Å². The van der Waals surface area contributed by atoms with Crippen molar-refractivity contribution < 1.29 is 14.3 Å². The Labute approximate surface area is 184 Å². The number of nitrogen functional groups attached to an aromatic ring is 1. The topological polar surface area (TPSA) is 69.4 Å². The monoisotopic (exact) mass is 415 g/mol. The highest BCUT2D eigenvalue weighted by Gasteiger charge is 2.26. The summed E-state index contributed by atoms with van der Waals surface area (Å²) in [6, 6.07) is 23.3. The molecule has 0 amide bonds. The Morgan fingerprint density at radius 2 is 1.65 bits per heavy atom. The summed E-state index contributed by atoms with van der Waals surface area (Å²) in [5.41, 5.74) is 11.0. The van der Waals surface area contributed by atoms with Crippen LogP contribution in [0.1, 0.15) is 41.3 Å². The maximum atomic E-state index is 13.4. The predicted molar refractivity (Wildman–Crippen MR) is 125 cm³/mol. The third-order valence-electron chi connectivity index (χ3n) is 5.45. The molecular weight excluding hydrogens is 386 g/mol. The highest BCUT2D eigenvalue weighted by Crippen LogP contribution is 2.29. The molecule has 0 saturated heterocycles. The molecule has 0 saturated carbocycles. The lowest BCUT2D eigenvalue weighted by Gasteiger charge is -2.17. The van der Waals surface area contributed by atoms with E-state index in [1.54, 1.807) is 6.92 Å². The molecule has 0 aliphatic heterocycles. The molecule has 0 radical (unpaired) electrons. The second kappa shape index (κ2) is 10.6. The molecule has 3 aromatic rings. The van der Waals surface area contributed by atoms with Gasteiger partial charge in [0.05, 0.1) is 12.5 Å². The maximum absolute atomic E-state index is 13.4. The molecule has 160 valence electrons. The molecule has 3 aromatic carbocycles. The normalized spacial score (nSPS) is 11.7. The van der Waals surface area contributed by atoms with Gasteiger partial charge in [0.15, 0.2) is 5.78 Å². The molecule has 0 aliphatic carbocycles. The second-order valence-corrected chi connectivity index (χ2v) is 7.72. The van der Waals surface area contributed by atoms with Crippen molar-refractivity contribution in [2.45, 2.75) is 33.1 Å². The summed E-state index contributed by atoms with van der Waals surface area (Å²) >= 11 is 0. The molecule has 0 fully saturated rings. The largest absolute Gasteiger partial charge is 0.466 e. The van der Waals surface area contributed by atoms with Gasteiger partial charge in [-0.3, -0.25) is 9.59 Å². The van der Waals surface area contributed by atoms with E-state index in [4.69, 9.17) is 10.5 Å². The van der Waals surface area contributed by atoms with E-state index in [1.807, 2.05) is 79.7 Å². The Bertz CT molecular complexity index is 1030. The van der Waals surface area contributed by atoms with Gasteiger partial charge in [0.2, 0.25) is 0 Å². The van der Waals surface area contributed by atoms with E-state index in [2.05, 4.69) is 0 Å². The number of nitrogens with two attached hydrogens (primary N) is 1. The highest BCUT2D eigenvalue weighted by atomic mass is 16.5. The molecule has 3 rings (SSSR count). The van der Waals surface area contributed by atoms with E-state index in [9.17, 15) is 9.59 Å². The Morgan fingerprint density at radius 3 is 2.32 bits per heavy atom. The van der Waals surface area contributed by atoms with Crippen LogP contribution < -0.4 is 5.73 Å². The number of ketones is 1. The van der Waals surface area contributed by atoms with Crippen LogP contribution in [0.2, 0.25) is 0 Å². The molecular formula is C27H29NO3. The fourth-order valence-corrected chi connectivity index (χ4v) is 3.82. The van der Waals surface area contributed by atoms with Crippen LogP contribution >= 0.6 is 0 Å². The van der Waals surface area contributed by atoms with Crippen LogP contribution in [0.5, 0.6) is 0 Å². The van der Waals surface area contributed by atoms with Gasteiger partial charge in [0.1, 0.15) is 0 Å². The summed E-state index contributed by atoms with van der Waals surface area (Å²) in [7, 11) is 0. The molecule has 1 unspecified atom stereocenters. The van der Waals surface area contributed by atoms with Crippen molar-refractivity contribution in [3.8, 4) is 11.1 Å². The van der Waals surface area contributed by atoms with Gasteiger partial charge in [0, 0.05) is 17.7 Å². The third kappa shape index (κ3) is 5.82. The smallest absolute Gasteiger partial charge is 0.309 e. The molecule has 2 N–H and O–H groups in total. The van der Waals surface area contributed by atoms with E-state index in [1.165, 1.54) is 0 Å². The number of carbonyl (C=O) groups is 2. The first-order chi connectivity index (χ1) is 15.0. The number of esters is 1. The van der Waals surface area contributed by atoms with Gasteiger partial charge >= 0.3 is 5.97 Å². The number of Topliss-reactive ketones (excluding diaryl/α,β-unsaturated/α-hetero) is 1. The Balaban J connectivity index is 1.85. The number of hydrogen-bond donors (Lipinski definition) is 1. The molecule has 0 aliphatic rings. The number of carbonyl (C=O) groups excluding carboxylic acids is 2. The zero-order valence-corrected chi connectivity index (χ0v) is 18.1. The van der Waals surface area contributed by atoms with Crippen molar-refractivity contribution in [2.24, 2.45) is 5.92 Å². The Kier molecular flexibility index (Phi) is 7.60. The number of aryl methyl sites for hydroxylation is 2. The van der Waals surface area contributed by atoms with Crippen molar-refractivity contribution in [2.75, 3.05) is 12.3 Å². The molecule has 4 heteroatoms. The fourth-order valence-electron chi connectivity index (χ4n) is 3.82. The average Bonchev–Trinajstić information content (AvgIpc) is 2.77. The van der Waals surface area contributed by atoms with Crippen molar-refractivity contribution in [1.82, 2.24) is 0 Å². The molecule has 31 heavy (non-hydrogen) atoms. The quantitative estimate of drug-likeness (QED) is 0.279. The SMILES string of the molecule is CCOC(=O)C(CCc1ccccc1)CC(=O)c1c(C)cccc1-c1ccc(N)cc1. The van der Waals surface area contributed by atoms with Gasteiger partial charge in [0.25, 0.3) is 0 Å². The fraction of sp³-hybridized carbons (Fsp3) is 0.259. The van der Waals surface area contributed by atoms with Gasteiger partial charge in [-0.15, -0.1) is 0 Å². The van der Waals surface area contributed by atoms with Crippen molar-refractivity contribution >= 4 is 17.4 Å². The summed E-state index contributed by atoms with van der Waals surface area (Å²) in [5.74, 6) is -0.836. The molecule has 0 bridgehead atoms. The molecule has 0 spiro atoms. The first-order valence-electron chi connectivity index (χ1n) is 10.7. The number of anilines is 1. The van der Waals surface area contributed by atoms with E-state index in [-0.39, 0.29) is 18.2 Å². The van der Waals surface area contributed by atoms with Gasteiger partial charge < -0.3 is 10.5 Å². The lowest BCUT2D eigenvalue weighted by Crippen LogP contribution is -2.22. The third-order valence-corrected chi connectivity index (χ3v) is 5.45. The minimum atomic E-state index is -0.480. The van der Waals surface area contributed by atoms with Crippen LogP contribution in [-0.4, -0.2) is 18.4 Å². The van der Waals surface area contributed by atoms with Crippen LogP contribution in [0.25, 0.3) is 11.1 Å². The summed E-state index contributed by atoms with van der Waals surface area (Å²) in [4.78, 5) is 26.0. The summed E-state index contributed by atoms with van der Waals surface area (Å²) in [6.07, 6.45) is 1.41. The molecule has 1 atom stereocenters. The van der Waals surface area contributed by atoms with E-state index >= 15 is 0 Å². The maximum Gasteiger partial charge on any atom is 0.309 e. The number of rotatable bonds is 9. The lowest BCUT2D eigenvalue weighted by atomic mass is 9.87. The van der Waals surface area contributed by atoms with Crippen molar-refractivity contribution in [3.05, 3.63) is 89.5 Å². The van der Waals surface area contributed by atoms with E-state index in [0.29, 0.717) is 24.3 Å². The average molecular weight is 416 g/mol. The van der Waals surface area contributed by atoms with Gasteiger partial charge in [-0.1, -0.05) is 60.7 Å². The van der Waals surface area contributed by atoms with E-state index in [0.717, 1.165) is 28.7 Å². The predicted octanol–water partition coefficient (Wildman–Crippen LogP) is 5.63. The Hall–Kier alpha value is -3.40. The number of ether oxygens (including phenoxy) is 1. The van der Waals surface area contributed by atoms with Crippen LogP contribution in [0.3, 0.4) is 0 Å². The molecule has 0 aromatic heterocycles. The minimum absolute atomic E-state index is 0.0453. The number of hydrogen-bond acceptors (Lipinski definition) is 4. The van der Waals surface area contributed by atoms with Crippen molar-refractivity contribution in [1.29, 1.82) is 0 Å². The van der Waals surface area contributed by atoms with E-state index < -0.39 is 5.92 Å². The zero-order valence-electron chi connectivity index (χ0n) is 18.1. The minimum Gasteiger partial charge on any atom is -0.466 e. The summed E-state index contributed by atoms with van der Waals surface area (Å²) < 4.78 is 5.28. The van der Waals surface area contributed by atoms with Gasteiger partial charge in [-0.25, -0.2) is 0 Å². The second-order valence-electron chi connectivity index (χ2n) is 7.72. The molecule has 0 heterocycles. The Morgan fingerprint density at radius 1 is 0.935 bits per heavy atom. The highest BCUT2D eigenvalue weighted by molar-refractivity contribution is 6.05. The summed E-state index contributed by atoms with van der Waals surface area (Å²) in [6.45, 7) is 4.02.